The molecule has 1 fully saturated rings. The predicted octanol–water partition coefficient (Wildman–Crippen LogP) is 1.68. The van der Waals surface area contributed by atoms with Crippen molar-refractivity contribution < 1.29 is 13.9 Å². The second kappa shape index (κ2) is 6.21. The number of piperazine rings is 1. The van der Waals surface area contributed by atoms with Crippen LogP contribution in [0.5, 0.6) is 5.75 Å². The van der Waals surface area contributed by atoms with Crippen molar-refractivity contribution in [2.45, 2.75) is 13.0 Å². The number of rotatable bonds is 3. The topological polar surface area (TPSA) is 41.6 Å². The van der Waals surface area contributed by atoms with E-state index in [1.807, 2.05) is 6.92 Å². The summed E-state index contributed by atoms with van der Waals surface area (Å²) < 4.78 is 18.3. The van der Waals surface area contributed by atoms with Gasteiger partial charge in [-0.25, -0.2) is 4.39 Å². The zero-order valence-electron chi connectivity index (χ0n) is 10.7. The summed E-state index contributed by atoms with van der Waals surface area (Å²) in [7, 11) is 0. The van der Waals surface area contributed by atoms with Crippen molar-refractivity contribution >= 4 is 17.5 Å². The van der Waals surface area contributed by atoms with Gasteiger partial charge in [-0.15, -0.1) is 0 Å². The van der Waals surface area contributed by atoms with Gasteiger partial charge in [-0.1, -0.05) is 11.6 Å². The Morgan fingerprint density at radius 1 is 1.63 bits per heavy atom. The van der Waals surface area contributed by atoms with Gasteiger partial charge in [0, 0.05) is 31.7 Å². The highest BCUT2D eigenvalue weighted by molar-refractivity contribution is 6.30. The lowest BCUT2D eigenvalue weighted by Crippen LogP contribution is -2.53. The van der Waals surface area contributed by atoms with E-state index in [-0.39, 0.29) is 23.6 Å². The highest BCUT2D eigenvalue weighted by Gasteiger charge is 2.23. The number of nitrogens with zero attached hydrogens (tertiary/aromatic N) is 1. The molecular formula is C13H16ClFN2O2. The molecule has 0 unspecified atom stereocenters. The molecule has 1 amide bonds. The minimum atomic E-state index is -0.504. The van der Waals surface area contributed by atoms with Crippen molar-refractivity contribution in [1.29, 1.82) is 0 Å². The fraction of sp³-hybridized carbons (Fsp3) is 0.462. The van der Waals surface area contributed by atoms with Crippen molar-refractivity contribution in [3.63, 3.8) is 0 Å². The zero-order valence-corrected chi connectivity index (χ0v) is 11.4. The maximum atomic E-state index is 13.0. The molecule has 0 spiro atoms. The lowest BCUT2D eigenvalue weighted by Gasteiger charge is -2.33. The summed E-state index contributed by atoms with van der Waals surface area (Å²) in [6.45, 7) is 4.17. The SMILES string of the molecule is C[C@H]1CNCCN1C(=O)COc1ccc(F)c(Cl)c1. The van der Waals surface area contributed by atoms with Crippen LogP contribution in [-0.4, -0.2) is 43.1 Å². The maximum Gasteiger partial charge on any atom is 0.260 e. The molecule has 0 radical (unpaired) electrons. The van der Waals surface area contributed by atoms with Gasteiger partial charge in [-0.3, -0.25) is 4.79 Å². The Bertz CT molecular complexity index is 470. The number of amides is 1. The molecule has 6 heteroatoms. The molecule has 1 N–H and O–H groups in total. The van der Waals surface area contributed by atoms with E-state index in [4.69, 9.17) is 16.3 Å². The monoisotopic (exact) mass is 286 g/mol. The van der Waals surface area contributed by atoms with Crippen molar-refractivity contribution in [3.05, 3.63) is 29.0 Å². The van der Waals surface area contributed by atoms with Crippen LogP contribution in [0.15, 0.2) is 18.2 Å². The molecule has 1 saturated heterocycles. The number of halogens is 2. The van der Waals surface area contributed by atoms with E-state index in [0.29, 0.717) is 12.3 Å². The summed E-state index contributed by atoms with van der Waals surface area (Å²) in [4.78, 5) is 13.8. The fourth-order valence-corrected chi connectivity index (χ4v) is 2.18. The van der Waals surface area contributed by atoms with Gasteiger partial charge >= 0.3 is 0 Å². The molecule has 4 nitrogen and oxygen atoms in total. The van der Waals surface area contributed by atoms with Gasteiger partial charge in [0.15, 0.2) is 6.61 Å². The Morgan fingerprint density at radius 2 is 2.42 bits per heavy atom. The lowest BCUT2D eigenvalue weighted by atomic mass is 10.2. The van der Waals surface area contributed by atoms with Gasteiger partial charge in [0.1, 0.15) is 11.6 Å². The number of nitrogens with one attached hydrogen (secondary N) is 1. The van der Waals surface area contributed by atoms with Gasteiger partial charge in [0.2, 0.25) is 0 Å². The molecule has 0 bridgehead atoms. The smallest absolute Gasteiger partial charge is 0.260 e. The third-order valence-electron chi connectivity index (χ3n) is 3.08. The van der Waals surface area contributed by atoms with Crippen LogP contribution in [0.2, 0.25) is 5.02 Å². The average Bonchev–Trinajstić information content (AvgIpc) is 2.40. The first-order valence-corrected chi connectivity index (χ1v) is 6.54. The standard InChI is InChI=1S/C13H16ClFN2O2/c1-9-7-16-4-5-17(9)13(18)8-19-10-2-3-12(15)11(14)6-10/h2-3,6,9,16H,4-5,7-8H2,1H3/t9-/m0/s1. The van der Waals surface area contributed by atoms with Crippen molar-refractivity contribution in [2.24, 2.45) is 0 Å². The Hall–Kier alpha value is -1.33. The summed E-state index contributed by atoms with van der Waals surface area (Å²) in [5, 5.41) is 3.20. The quantitative estimate of drug-likeness (QED) is 0.919. The molecule has 1 aliphatic heterocycles. The molecule has 1 heterocycles. The summed E-state index contributed by atoms with van der Waals surface area (Å²) in [5.74, 6) is -0.187. The number of ether oxygens (including phenoxy) is 1. The minimum absolute atomic E-state index is 0.0134. The molecule has 1 aromatic rings. The number of benzene rings is 1. The van der Waals surface area contributed by atoms with Gasteiger partial charge < -0.3 is 15.0 Å². The van der Waals surface area contributed by atoms with Crippen LogP contribution in [0, 0.1) is 5.82 Å². The summed E-state index contributed by atoms with van der Waals surface area (Å²) in [6.07, 6.45) is 0. The van der Waals surface area contributed by atoms with Crippen LogP contribution >= 0.6 is 11.6 Å². The molecule has 1 aromatic carbocycles. The number of hydrogen-bond acceptors (Lipinski definition) is 3. The first kappa shape index (κ1) is 14.1. The molecule has 104 valence electrons. The maximum absolute atomic E-state index is 13.0. The van der Waals surface area contributed by atoms with E-state index < -0.39 is 5.82 Å². The Kier molecular flexibility index (Phi) is 4.61. The van der Waals surface area contributed by atoms with Crippen LogP contribution in [-0.2, 0) is 4.79 Å². The molecule has 2 rings (SSSR count). The van der Waals surface area contributed by atoms with E-state index in [1.54, 1.807) is 4.90 Å². The van der Waals surface area contributed by atoms with Gasteiger partial charge in [0.05, 0.1) is 5.02 Å². The first-order valence-electron chi connectivity index (χ1n) is 6.16. The van der Waals surface area contributed by atoms with Crippen molar-refractivity contribution in [3.8, 4) is 5.75 Å². The molecule has 1 atom stereocenters. The van der Waals surface area contributed by atoms with Crippen molar-refractivity contribution in [2.75, 3.05) is 26.2 Å². The number of carbonyl (C=O) groups excluding carboxylic acids is 1. The third-order valence-corrected chi connectivity index (χ3v) is 3.36. The van der Waals surface area contributed by atoms with Crippen LogP contribution < -0.4 is 10.1 Å². The van der Waals surface area contributed by atoms with Gasteiger partial charge in [0.25, 0.3) is 5.91 Å². The Balaban J connectivity index is 1.90. The molecule has 1 aliphatic rings. The van der Waals surface area contributed by atoms with E-state index in [0.717, 1.165) is 13.1 Å². The first-order chi connectivity index (χ1) is 9.08. The normalized spacial score (nSPS) is 19.3. The van der Waals surface area contributed by atoms with Crippen LogP contribution in [0.25, 0.3) is 0 Å². The highest BCUT2D eigenvalue weighted by Crippen LogP contribution is 2.21. The van der Waals surface area contributed by atoms with E-state index in [9.17, 15) is 9.18 Å². The highest BCUT2D eigenvalue weighted by atomic mass is 35.5. The van der Waals surface area contributed by atoms with Crippen molar-refractivity contribution in [1.82, 2.24) is 10.2 Å². The molecule has 0 aliphatic carbocycles. The third kappa shape index (κ3) is 3.58. The second-order valence-electron chi connectivity index (χ2n) is 4.50. The number of hydrogen-bond donors (Lipinski definition) is 1. The summed E-state index contributed by atoms with van der Waals surface area (Å²) in [5.41, 5.74) is 0. The van der Waals surface area contributed by atoms with Crippen LogP contribution in [0.3, 0.4) is 0 Å². The van der Waals surface area contributed by atoms with E-state index in [1.165, 1.54) is 18.2 Å². The molecule has 19 heavy (non-hydrogen) atoms. The van der Waals surface area contributed by atoms with E-state index >= 15 is 0 Å². The average molecular weight is 287 g/mol. The minimum Gasteiger partial charge on any atom is -0.484 e. The van der Waals surface area contributed by atoms with Gasteiger partial charge in [-0.05, 0) is 19.1 Å². The lowest BCUT2D eigenvalue weighted by molar-refractivity contribution is -0.136. The summed E-state index contributed by atoms with van der Waals surface area (Å²) in [6, 6.07) is 4.19. The number of carbonyl (C=O) groups is 1. The molecule has 0 saturated carbocycles. The van der Waals surface area contributed by atoms with E-state index in [2.05, 4.69) is 5.32 Å². The predicted molar refractivity (Wildman–Crippen MR) is 70.9 cm³/mol. The van der Waals surface area contributed by atoms with Gasteiger partial charge in [-0.2, -0.15) is 0 Å². The zero-order chi connectivity index (χ0) is 13.8. The second-order valence-corrected chi connectivity index (χ2v) is 4.91. The molecule has 0 aromatic heterocycles. The Morgan fingerprint density at radius 3 is 3.11 bits per heavy atom. The van der Waals surface area contributed by atoms with Crippen LogP contribution in [0.4, 0.5) is 4.39 Å². The summed E-state index contributed by atoms with van der Waals surface area (Å²) >= 11 is 5.64. The fourth-order valence-electron chi connectivity index (χ4n) is 2.01. The van der Waals surface area contributed by atoms with Crippen LogP contribution in [0.1, 0.15) is 6.92 Å². The Labute approximate surface area is 116 Å². The molecular weight excluding hydrogens is 271 g/mol. The largest absolute Gasteiger partial charge is 0.484 e.